The van der Waals surface area contributed by atoms with Crippen molar-refractivity contribution in [2.75, 3.05) is 26.2 Å². The minimum atomic E-state index is -4.52. The second-order valence-corrected chi connectivity index (χ2v) is 9.97. The van der Waals surface area contributed by atoms with Crippen LogP contribution in [0.1, 0.15) is 61.0 Å². The Bertz CT molecular complexity index is 1200. The van der Waals surface area contributed by atoms with Crippen molar-refractivity contribution in [2.45, 2.75) is 52.5 Å². The van der Waals surface area contributed by atoms with E-state index in [1.165, 1.54) is 18.3 Å². The number of rotatable bonds is 6. The zero-order valence-corrected chi connectivity index (χ0v) is 21.4. The first-order valence-corrected chi connectivity index (χ1v) is 11.7. The first kappa shape index (κ1) is 28.1. The van der Waals surface area contributed by atoms with Gasteiger partial charge in [-0.2, -0.15) is 18.0 Å². The van der Waals surface area contributed by atoms with Crippen molar-refractivity contribution >= 4 is 17.8 Å². The number of alkyl halides is 3. The number of carbonyl (C=O) groups is 2. The van der Waals surface area contributed by atoms with Crippen LogP contribution in [0.5, 0.6) is 5.75 Å². The van der Waals surface area contributed by atoms with E-state index < -0.39 is 35.5 Å². The number of halogens is 3. The van der Waals surface area contributed by atoms with Gasteiger partial charge in [-0.1, -0.05) is 12.1 Å². The number of carboxylic acid groups (broad SMARTS) is 1. The van der Waals surface area contributed by atoms with Gasteiger partial charge in [0.15, 0.2) is 18.0 Å². The Kier molecular flexibility index (Phi) is 8.26. The molecule has 0 radical (unpaired) electrons. The van der Waals surface area contributed by atoms with Crippen molar-refractivity contribution in [3.8, 4) is 5.75 Å². The molecule has 0 bridgehead atoms. The molecule has 0 spiro atoms. The molecule has 0 saturated heterocycles. The molecule has 1 N–H and O–H groups in total. The molecule has 0 aliphatic carbocycles. The summed E-state index contributed by atoms with van der Waals surface area (Å²) in [6.07, 6.45) is -4.55. The zero-order valence-electron chi connectivity index (χ0n) is 21.4. The average molecular weight is 523 g/mol. The molecule has 37 heavy (non-hydrogen) atoms. The van der Waals surface area contributed by atoms with E-state index in [0.29, 0.717) is 30.8 Å². The fourth-order valence-corrected chi connectivity index (χ4v) is 4.00. The molecular formula is C26H31F3N3O5+. The summed E-state index contributed by atoms with van der Waals surface area (Å²) in [6, 6.07) is 6.41. The molecule has 0 unspecified atom stereocenters. The number of carboxylic acids is 1. The Morgan fingerprint density at radius 2 is 1.89 bits per heavy atom. The highest BCUT2D eigenvalue weighted by molar-refractivity contribution is 5.87. The minimum Gasteiger partial charge on any atom is -0.483 e. The second kappa shape index (κ2) is 10.9. The van der Waals surface area contributed by atoms with Crippen LogP contribution in [0.2, 0.25) is 0 Å². The molecule has 1 amide bonds. The fraction of sp³-hybridized carbons (Fsp3) is 0.462. The van der Waals surface area contributed by atoms with E-state index in [2.05, 4.69) is 4.98 Å². The molecule has 2 aromatic rings. The van der Waals surface area contributed by atoms with Crippen molar-refractivity contribution in [2.24, 2.45) is 0 Å². The third-order valence-corrected chi connectivity index (χ3v) is 5.71. The van der Waals surface area contributed by atoms with E-state index >= 15 is 0 Å². The van der Waals surface area contributed by atoms with Crippen LogP contribution in [0.4, 0.5) is 18.0 Å². The van der Waals surface area contributed by atoms with Crippen molar-refractivity contribution in [3.63, 3.8) is 0 Å². The Labute approximate surface area is 213 Å². The van der Waals surface area contributed by atoms with E-state index in [1.807, 2.05) is 4.90 Å². The third-order valence-electron chi connectivity index (χ3n) is 5.71. The molecule has 0 saturated carbocycles. The largest absolute Gasteiger partial charge is 0.596 e. The Balaban J connectivity index is 1.87. The summed E-state index contributed by atoms with van der Waals surface area (Å²) in [4.78, 5) is 29.7. The van der Waals surface area contributed by atoms with Crippen molar-refractivity contribution in [3.05, 3.63) is 58.9 Å². The summed E-state index contributed by atoms with van der Waals surface area (Å²) in [7, 11) is 0. The Morgan fingerprint density at radius 1 is 1.19 bits per heavy atom. The first-order valence-electron chi connectivity index (χ1n) is 11.7. The number of ether oxygens (including phenoxy) is 2. The molecule has 2 heterocycles. The maximum Gasteiger partial charge on any atom is 0.596 e. The number of aromatic carboxylic acids is 1. The summed E-state index contributed by atoms with van der Waals surface area (Å²) in [5.74, 6) is -0.953. The average Bonchev–Trinajstić information content (AvgIpc) is 2.77. The summed E-state index contributed by atoms with van der Waals surface area (Å²) in [5.41, 5.74) is -0.158. The van der Waals surface area contributed by atoms with Crippen LogP contribution >= 0.6 is 0 Å². The highest BCUT2D eigenvalue weighted by Gasteiger charge is 2.35. The van der Waals surface area contributed by atoms with Crippen LogP contribution in [-0.2, 0) is 10.9 Å². The van der Waals surface area contributed by atoms with E-state index in [4.69, 9.17) is 9.47 Å². The zero-order chi connectivity index (χ0) is 27.5. The predicted molar refractivity (Wildman–Crippen MR) is 129 cm³/mol. The van der Waals surface area contributed by atoms with Crippen LogP contribution in [-0.4, -0.2) is 69.1 Å². The molecule has 1 aromatic heterocycles. The number of hydrogen-bond acceptors (Lipinski definition) is 6. The summed E-state index contributed by atoms with van der Waals surface area (Å²) in [6.45, 7) is 10.1. The van der Waals surface area contributed by atoms with Gasteiger partial charge in [0.2, 0.25) is 0 Å². The van der Waals surface area contributed by atoms with Gasteiger partial charge in [0.1, 0.15) is 17.5 Å². The summed E-state index contributed by atoms with van der Waals surface area (Å²) < 4.78 is 53.3. The second-order valence-electron chi connectivity index (χ2n) is 9.97. The van der Waals surface area contributed by atoms with E-state index in [9.17, 15) is 27.9 Å². The maximum absolute atomic E-state index is 13.4. The number of amides is 1. The Hall–Kier alpha value is -3.47. The Morgan fingerprint density at radius 3 is 2.46 bits per heavy atom. The molecule has 11 heteroatoms. The first-order chi connectivity index (χ1) is 17.1. The van der Waals surface area contributed by atoms with Gasteiger partial charge in [0.25, 0.3) is 0 Å². The lowest BCUT2D eigenvalue weighted by Gasteiger charge is -2.30. The lowest BCUT2D eigenvalue weighted by atomic mass is 10.0. The van der Waals surface area contributed by atoms with Gasteiger partial charge in [-0.05, 0) is 57.0 Å². The van der Waals surface area contributed by atoms with Crippen LogP contribution in [0.15, 0.2) is 36.5 Å². The highest BCUT2D eigenvalue weighted by atomic mass is 19.4. The van der Waals surface area contributed by atoms with Crippen molar-refractivity contribution in [1.82, 2.24) is 9.88 Å². The topological polar surface area (TPSA) is 92.0 Å². The van der Waals surface area contributed by atoms with Gasteiger partial charge in [-0.15, -0.1) is 4.58 Å². The highest BCUT2D eigenvalue weighted by Crippen LogP contribution is 2.32. The molecule has 1 aromatic carbocycles. The standard InChI is InChI=1S/C26H30F3N3O5/c1-16-11-20(13-30-22(16)23(33)34)36-21(18-7-6-8-19(12-18)26(27,28)29)15-31-9-10-32(17(2)14-31)24(35)37-25(3,4)5/h6-8,11-13,21H,9-10,14-15H2,1-5H3/p+1/t21-/m1/s1. The van der Waals surface area contributed by atoms with Crippen molar-refractivity contribution < 1.29 is 41.9 Å². The lowest BCUT2D eigenvalue weighted by Crippen LogP contribution is -2.48. The van der Waals surface area contributed by atoms with E-state index in [0.717, 1.165) is 17.8 Å². The number of pyridine rings is 1. The number of nitrogens with zero attached hydrogens (tertiary/aromatic N) is 3. The van der Waals surface area contributed by atoms with Crippen LogP contribution in [0.25, 0.3) is 0 Å². The van der Waals surface area contributed by atoms with Gasteiger partial charge >= 0.3 is 18.2 Å². The number of benzene rings is 1. The monoisotopic (exact) mass is 522 g/mol. The van der Waals surface area contributed by atoms with Gasteiger partial charge in [0, 0.05) is 13.5 Å². The number of aryl methyl sites for hydroxylation is 1. The van der Waals surface area contributed by atoms with Gasteiger partial charge in [-0.3, -0.25) is 4.90 Å². The molecular weight excluding hydrogens is 491 g/mol. The molecule has 1 aliphatic heterocycles. The van der Waals surface area contributed by atoms with E-state index in [1.54, 1.807) is 45.3 Å². The lowest BCUT2D eigenvalue weighted by molar-refractivity contribution is -0.458. The van der Waals surface area contributed by atoms with Crippen LogP contribution in [0, 0.1) is 6.92 Å². The fourth-order valence-electron chi connectivity index (χ4n) is 4.00. The smallest absolute Gasteiger partial charge is 0.483 e. The van der Waals surface area contributed by atoms with E-state index in [-0.39, 0.29) is 18.0 Å². The molecule has 8 nitrogen and oxygen atoms in total. The van der Waals surface area contributed by atoms with Crippen molar-refractivity contribution in [1.29, 1.82) is 0 Å². The van der Waals surface area contributed by atoms with Crippen LogP contribution < -0.4 is 4.74 Å². The maximum atomic E-state index is 13.4. The quantitative estimate of drug-likeness (QED) is 0.537. The number of aromatic nitrogens is 1. The minimum absolute atomic E-state index is 0.133. The third kappa shape index (κ3) is 7.51. The summed E-state index contributed by atoms with van der Waals surface area (Å²) in [5, 5.41) is 9.23. The molecule has 200 valence electrons. The number of hydrogen-bond donors (Lipinski definition) is 1. The predicted octanol–water partition coefficient (Wildman–Crippen LogP) is 4.95. The molecule has 1 atom stereocenters. The molecule has 0 fully saturated rings. The molecule has 3 rings (SSSR count). The normalized spacial score (nSPS) is 15.9. The van der Waals surface area contributed by atoms with Gasteiger partial charge < -0.3 is 14.6 Å². The van der Waals surface area contributed by atoms with Gasteiger partial charge in [0.05, 0.1) is 24.8 Å². The molecule has 1 aliphatic rings. The van der Waals surface area contributed by atoms with Gasteiger partial charge in [-0.25, -0.2) is 9.78 Å². The van der Waals surface area contributed by atoms with Crippen LogP contribution in [0.3, 0.4) is 0 Å². The summed E-state index contributed by atoms with van der Waals surface area (Å²) >= 11 is 0. The number of carbonyl (C=O) groups excluding carboxylic acids is 1. The SMILES string of the molecule is CC1=[N+](C(=O)OC(C)(C)C)CCN(C[C@@H](Oc2cnc(C(=O)O)c(C)c2)c2cccc(C(F)(F)F)c2)C1.